The normalized spacial score (nSPS) is 22.8. The molecule has 1 nitrogen and oxygen atoms in total. The predicted molar refractivity (Wildman–Crippen MR) is 48.9 cm³/mol. The molecule has 0 saturated heterocycles. The van der Waals surface area contributed by atoms with Crippen molar-refractivity contribution in [2.24, 2.45) is 0 Å². The van der Waals surface area contributed by atoms with Crippen LogP contribution >= 0.6 is 0 Å². The van der Waals surface area contributed by atoms with E-state index in [0.29, 0.717) is 5.54 Å². The first-order valence-electron chi connectivity index (χ1n) is 4.66. The fourth-order valence-electron chi connectivity index (χ4n) is 2.47. The van der Waals surface area contributed by atoms with Gasteiger partial charge in [0.25, 0.3) is 0 Å². The summed E-state index contributed by atoms with van der Waals surface area (Å²) in [5.74, 6) is 0. The van der Waals surface area contributed by atoms with Gasteiger partial charge in [0, 0.05) is 12.1 Å². The molecule has 1 heteroatoms. The highest BCUT2D eigenvalue weighted by Crippen LogP contribution is 2.51. The molecule has 1 aliphatic carbocycles. The van der Waals surface area contributed by atoms with Crippen LogP contribution in [-0.2, 0) is 12.1 Å². The highest BCUT2D eigenvalue weighted by molar-refractivity contribution is 5.46. The van der Waals surface area contributed by atoms with Crippen LogP contribution in [0.25, 0.3) is 0 Å². The number of benzene rings is 1. The van der Waals surface area contributed by atoms with Gasteiger partial charge in [0.15, 0.2) is 0 Å². The first-order chi connectivity index (χ1) is 5.82. The third-order valence-electron chi connectivity index (χ3n) is 3.20. The highest BCUT2D eigenvalue weighted by Gasteiger charge is 2.49. The maximum absolute atomic E-state index is 3.61. The SMILES string of the molecule is Cc1cccc2c1C1(CC1)NC2. The Labute approximate surface area is 72.8 Å². The molecule has 0 atom stereocenters. The average Bonchev–Trinajstić information content (AvgIpc) is 2.71. The molecule has 1 saturated carbocycles. The van der Waals surface area contributed by atoms with Gasteiger partial charge < -0.3 is 5.32 Å². The van der Waals surface area contributed by atoms with Gasteiger partial charge in [-0.05, 0) is 36.5 Å². The summed E-state index contributed by atoms with van der Waals surface area (Å²) in [6.07, 6.45) is 2.68. The van der Waals surface area contributed by atoms with Gasteiger partial charge in [-0.2, -0.15) is 0 Å². The minimum Gasteiger partial charge on any atom is -0.303 e. The van der Waals surface area contributed by atoms with Crippen molar-refractivity contribution in [1.29, 1.82) is 0 Å². The largest absolute Gasteiger partial charge is 0.303 e. The summed E-state index contributed by atoms with van der Waals surface area (Å²) in [7, 11) is 0. The van der Waals surface area contributed by atoms with Crippen molar-refractivity contribution in [1.82, 2.24) is 5.32 Å². The van der Waals surface area contributed by atoms with E-state index < -0.39 is 0 Å². The van der Waals surface area contributed by atoms with Crippen molar-refractivity contribution in [2.75, 3.05) is 0 Å². The average molecular weight is 159 g/mol. The smallest absolute Gasteiger partial charge is 0.0444 e. The third kappa shape index (κ3) is 0.674. The van der Waals surface area contributed by atoms with Gasteiger partial charge in [0.2, 0.25) is 0 Å². The second kappa shape index (κ2) is 1.91. The van der Waals surface area contributed by atoms with Crippen molar-refractivity contribution >= 4 is 0 Å². The minimum absolute atomic E-state index is 0.417. The summed E-state index contributed by atoms with van der Waals surface area (Å²) in [6, 6.07) is 6.64. The Kier molecular flexibility index (Phi) is 1.06. The molecule has 3 rings (SSSR count). The molecule has 62 valence electrons. The molecule has 0 bridgehead atoms. The molecule has 1 aromatic rings. The fraction of sp³-hybridized carbons (Fsp3) is 0.455. The Morgan fingerprint density at radius 2 is 2.17 bits per heavy atom. The van der Waals surface area contributed by atoms with Gasteiger partial charge in [-0.25, -0.2) is 0 Å². The van der Waals surface area contributed by atoms with Crippen LogP contribution in [0.3, 0.4) is 0 Å². The van der Waals surface area contributed by atoms with Crippen LogP contribution in [0.1, 0.15) is 29.5 Å². The number of nitrogens with one attached hydrogen (secondary N) is 1. The van der Waals surface area contributed by atoms with Crippen molar-refractivity contribution < 1.29 is 0 Å². The quantitative estimate of drug-likeness (QED) is 0.611. The van der Waals surface area contributed by atoms with E-state index in [0.717, 1.165) is 6.54 Å². The standard InChI is InChI=1S/C11H13N/c1-8-3-2-4-9-7-12-11(5-6-11)10(8)9/h2-4,12H,5-7H2,1H3. The van der Waals surface area contributed by atoms with E-state index in [2.05, 4.69) is 30.4 Å². The molecule has 1 fully saturated rings. The second-order valence-corrected chi connectivity index (χ2v) is 4.04. The Hall–Kier alpha value is -0.820. The Morgan fingerprint density at radius 3 is 2.92 bits per heavy atom. The Morgan fingerprint density at radius 1 is 1.33 bits per heavy atom. The van der Waals surface area contributed by atoms with Crippen molar-refractivity contribution in [2.45, 2.75) is 31.8 Å². The molecule has 1 aromatic carbocycles. The first kappa shape index (κ1) is 6.67. The van der Waals surface area contributed by atoms with E-state index in [1.165, 1.54) is 24.0 Å². The van der Waals surface area contributed by atoms with Crippen LogP contribution in [0, 0.1) is 6.92 Å². The van der Waals surface area contributed by atoms with Gasteiger partial charge >= 0.3 is 0 Å². The lowest BCUT2D eigenvalue weighted by molar-refractivity contribution is 0.572. The van der Waals surface area contributed by atoms with Crippen molar-refractivity contribution in [3.8, 4) is 0 Å². The van der Waals surface area contributed by atoms with E-state index >= 15 is 0 Å². The number of hydrogen-bond donors (Lipinski definition) is 1. The van der Waals surface area contributed by atoms with Crippen molar-refractivity contribution in [3.05, 3.63) is 34.9 Å². The van der Waals surface area contributed by atoms with Gasteiger partial charge in [-0.15, -0.1) is 0 Å². The minimum atomic E-state index is 0.417. The molecule has 0 amide bonds. The molecular formula is C11H13N. The predicted octanol–water partition coefficient (Wildman–Crippen LogP) is 2.09. The highest BCUT2D eigenvalue weighted by atomic mass is 15.0. The molecule has 0 unspecified atom stereocenters. The van der Waals surface area contributed by atoms with Crippen LogP contribution in [0.4, 0.5) is 0 Å². The Balaban J connectivity index is 2.26. The molecule has 1 heterocycles. The summed E-state index contributed by atoms with van der Waals surface area (Å²) in [5.41, 5.74) is 5.01. The molecular weight excluding hydrogens is 146 g/mol. The van der Waals surface area contributed by atoms with Gasteiger partial charge in [-0.3, -0.25) is 0 Å². The van der Waals surface area contributed by atoms with Crippen LogP contribution < -0.4 is 5.32 Å². The fourth-order valence-corrected chi connectivity index (χ4v) is 2.47. The lowest BCUT2D eigenvalue weighted by Crippen LogP contribution is -2.20. The maximum atomic E-state index is 3.61. The lowest BCUT2D eigenvalue weighted by atomic mass is 9.98. The molecule has 1 spiro atoms. The van der Waals surface area contributed by atoms with Crippen LogP contribution in [0.15, 0.2) is 18.2 Å². The van der Waals surface area contributed by atoms with E-state index in [9.17, 15) is 0 Å². The van der Waals surface area contributed by atoms with Crippen LogP contribution in [-0.4, -0.2) is 0 Å². The summed E-state index contributed by atoms with van der Waals surface area (Å²) in [6.45, 7) is 3.31. The van der Waals surface area contributed by atoms with Crippen molar-refractivity contribution in [3.63, 3.8) is 0 Å². The lowest BCUT2D eigenvalue weighted by Gasteiger charge is -2.10. The molecule has 2 aliphatic rings. The molecule has 0 radical (unpaired) electrons. The second-order valence-electron chi connectivity index (χ2n) is 4.04. The number of aryl methyl sites for hydroxylation is 1. The zero-order valence-corrected chi connectivity index (χ0v) is 7.35. The zero-order chi connectivity index (χ0) is 8.18. The van der Waals surface area contributed by atoms with Gasteiger partial charge in [0.05, 0.1) is 0 Å². The van der Waals surface area contributed by atoms with E-state index in [1.54, 1.807) is 5.56 Å². The van der Waals surface area contributed by atoms with Crippen LogP contribution in [0.5, 0.6) is 0 Å². The number of fused-ring (bicyclic) bond motifs is 2. The van der Waals surface area contributed by atoms with Gasteiger partial charge in [0.1, 0.15) is 0 Å². The molecule has 12 heavy (non-hydrogen) atoms. The zero-order valence-electron chi connectivity index (χ0n) is 7.35. The summed E-state index contributed by atoms with van der Waals surface area (Å²) < 4.78 is 0. The number of rotatable bonds is 0. The van der Waals surface area contributed by atoms with Gasteiger partial charge in [-0.1, -0.05) is 18.2 Å². The summed E-state index contributed by atoms with van der Waals surface area (Å²) in [5, 5.41) is 3.61. The Bertz CT molecular complexity index is 337. The monoisotopic (exact) mass is 159 g/mol. The molecule has 1 N–H and O–H groups in total. The molecule has 0 aromatic heterocycles. The summed E-state index contributed by atoms with van der Waals surface area (Å²) in [4.78, 5) is 0. The molecule has 1 aliphatic heterocycles. The third-order valence-corrected chi connectivity index (χ3v) is 3.20. The summed E-state index contributed by atoms with van der Waals surface area (Å²) >= 11 is 0. The van der Waals surface area contributed by atoms with E-state index in [-0.39, 0.29) is 0 Å². The first-order valence-corrected chi connectivity index (χ1v) is 4.66. The van der Waals surface area contributed by atoms with E-state index in [1.807, 2.05) is 0 Å². The van der Waals surface area contributed by atoms with E-state index in [4.69, 9.17) is 0 Å². The number of hydrogen-bond acceptors (Lipinski definition) is 1. The maximum Gasteiger partial charge on any atom is 0.0444 e. The van der Waals surface area contributed by atoms with Crippen LogP contribution in [0.2, 0.25) is 0 Å². The topological polar surface area (TPSA) is 12.0 Å².